The quantitative estimate of drug-likeness (QED) is 0.492. The number of carboxylic acid groups (broad SMARTS) is 1. The summed E-state index contributed by atoms with van der Waals surface area (Å²) in [5.74, 6) is -2.04. The van der Waals surface area contributed by atoms with Crippen LogP contribution >= 0.6 is 0 Å². The molecule has 0 atom stereocenters. The summed E-state index contributed by atoms with van der Waals surface area (Å²) in [4.78, 5) is 32.8. The van der Waals surface area contributed by atoms with Crippen molar-refractivity contribution < 1.29 is 19.5 Å². The maximum Gasteiger partial charge on any atom is 0.319 e. The Hall–Kier alpha value is -1.59. The lowest BCUT2D eigenvalue weighted by Gasteiger charge is -2.09. The topological polar surface area (TPSA) is 95.5 Å². The summed E-state index contributed by atoms with van der Waals surface area (Å²) >= 11 is 0. The van der Waals surface area contributed by atoms with Gasteiger partial charge in [0, 0.05) is 7.05 Å². The maximum absolute atomic E-state index is 11.3. The molecule has 1 aliphatic rings. The van der Waals surface area contributed by atoms with Gasteiger partial charge in [0.2, 0.25) is 11.8 Å². The van der Waals surface area contributed by atoms with Gasteiger partial charge < -0.3 is 15.7 Å². The number of aliphatic carboxylic acids is 1. The molecule has 2 amide bonds. The molecule has 0 heterocycles. The van der Waals surface area contributed by atoms with Gasteiger partial charge in [-0.2, -0.15) is 0 Å². The zero-order chi connectivity index (χ0) is 10.8. The molecule has 1 fully saturated rings. The molecule has 0 saturated heterocycles. The van der Waals surface area contributed by atoms with Gasteiger partial charge >= 0.3 is 5.97 Å². The fourth-order valence-electron chi connectivity index (χ4n) is 1.08. The molecule has 0 aromatic heterocycles. The van der Waals surface area contributed by atoms with E-state index in [1.807, 2.05) is 0 Å². The fourth-order valence-corrected chi connectivity index (χ4v) is 1.08. The average molecular weight is 200 g/mol. The predicted molar refractivity (Wildman–Crippen MR) is 46.4 cm³/mol. The maximum atomic E-state index is 11.3. The summed E-state index contributed by atoms with van der Waals surface area (Å²) in [5.41, 5.74) is -1.27. The SMILES string of the molecule is CNC(=O)CNC(=O)C1(C(=O)O)CC1. The van der Waals surface area contributed by atoms with Gasteiger partial charge in [-0.25, -0.2) is 0 Å². The Morgan fingerprint density at radius 3 is 2.29 bits per heavy atom. The van der Waals surface area contributed by atoms with Gasteiger partial charge in [-0.05, 0) is 12.8 Å². The lowest BCUT2D eigenvalue weighted by atomic mass is 10.1. The molecular weight excluding hydrogens is 188 g/mol. The summed E-state index contributed by atoms with van der Waals surface area (Å²) in [5, 5.41) is 13.3. The molecule has 0 bridgehead atoms. The second-order valence-electron chi connectivity index (χ2n) is 3.24. The average Bonchev–Trinajstić information content (AvgIpc) is 2.94. The molecule has 6 nitrogen and oxygen atoms in total. The van der Waals surface area contributed by atoms with Crippen LogP contribution in [0, 0.1) is 5.41 Å². The minimum atomic E-state index is -1.27. The van der Waals surface area contributed by atoms with Crippen LogP contribution in [0.4, 0.5) is 0 Å². The van der Waals surface area contributed by atoms with E-state index in [4.69, 9.17) is 5.11 Å². The fraction of sp³-hybridized carbons (Fsp3) is 0.625. The summed E-state index contributed by atoms with van der Waals surface area (Å²) in [6.07, 6.45) is 0.698. The Morgan fingerprint density at radius 1 is 1.36 bits per heavy atom. The summed E-state index contributed by atoms with van der Waals surface area (Å²) in [6.45, 7) is -0.176. The highest BCUT2D eigenvalue weighted by molar-refractivity contribution is 6.05. The van der Waals surface area contributed by atoms with Crippen LogP contribution < -0.4 is 10.6 Å². The van der Waals surface area contributed by atoms with Crippen molar-refractivity contribution in [2.75, 3.05) is 13.6 Å². The number of hydrogen-bond acceptors (Lipinski definition) is 3. The standard InChI is InChI=1S/C8H12N2O4/c1-9-5(11)4-10-6(12)8(2-3-8)7(13)14/h2-4H2,1H3,(H,9,11)(H,10,12)(H,13,14). The molecule has 0 radical (unpaired) electrons. The highest BCUT2D eigenvalue weighted by Gasteiger charge is 2.57. The van der Waals surface area contributed by atoms with E-state index in [1.54, 1.807) is 0 Å². The Balaban J connectivity index is 2.43. The number of rotatable bonds is 4. The van der Waals surface area contributed by atoms with E-state index >= 15 is 0 Å². The Bertz CT molecular complexity index is 283. The van der Waals surface area contributed by atoms with Gasteiger partial charge in [0.25, 0.3) is 0 Å². The third kappa shape index (κ3) is 1.84. The lowest BCUT2D eigenvalue weighted by Crippen LogP contribution is -2.41. The molecule has 6 heteroatoms. The van der Waals surface area contributed by atoms with Gasteiger partial charge in [-0.1, -0.05) is 0 Å². The first kappa shape index (κ1) is 10.5. The highest BCUT2D eigenvalue weighted by Crippen LogP contribution is 2.45. The van der Waals surface area contributed by atoms with Crippen molar-refractivity contribution in [2.24, 2.45) is 5.41 Å². The van der Waals surface area contributed by atoms with E-state index in [0.717, 1.165) is 0 Å². The monoisotopic (exact) mass is 200 g/mol. The third-order valence-electron chi connectivity index (χ3n) is 2.28. The van der Waals surface area contributed by atoms with E-state index in [0.29, 0.717) is 12.8 Å². The van der Waals surface area contributed by atoms with Crippen LogP contribution in [0.1, 0.15) is 12.8 Å². The summed E-state index contributed by atoms with van der Waals surface area (Å²) < 4.78 is 0. The third-order valence-corrected chi connectivity index (χ3v) is 2.28. The molecule has 3 N–H and O–H groups in total. The zero-order valence-electron chi connectivity index (χ0n) is 7.79. The first-order valence-electron chi connectivity index (χ1n) is 4.25. The Labute approximate surface area is 80.7 Å². The normalized spacial score (nSPS) is 16.9. The van der Waals surface area contributed by atoms with Crippen molar-refractivity contribution in [1.82, 2.24) is 10.6 Å². The first-order valence-corrected chi connectivity index (χ1v) is 4.25. The van der Waals surface area contributed by atoms with Crippen molar-refractivity contribution in [3.63, 3.8) is 0 Å². The van der Waals surface area contributed by atoms with Gasteiger partial charge in [-0.3, -0.25) is 14.4 Å². The van der Waals surface area contributed by atoms with E-state index in [1.165, 1.54) is 7.05 Å². The van der Waals surface area contributed by atoms with Crippen LogP contribution in [-0.2, 0) is 14.4 Å². The van der Waals surface area contributed by atoms with Crippen molar-refractivity contribution in [2.45, 2.75) is 12.8 Å². The second-order valence-corrected chi connectivity index (χ2v) is 3.24. The molecule has 1 saturated carbocycles. The van der Waals surface area contributed by atoms with Crippen molar-refractivity contribution in [3.8, 4) is 0 Å². The van der Waals surface area contributed by atoms with Crippen molar-refractivity contribution in [1.29, 1.82) is 0 Å². The van der Waals surface area contributed by atoms with Crippen LogP contribution in [0.3, 0.4) is 0 Å². The number of likely N-dealkylation sites (N-methyl/N-ethyl adjacent to an activating group) is 1. The molecule has 0 spiro atoms. The first-order chi connectivity index (χ1) is 6.53. The molecule has 0 aliphatic heterocycles. The van der Waals surface area contributed by atoms with Crippen LogP contribution in [0.5, 0.6) is 0 Å². The molecular formula is C8H12N2O4. The molecule has 14 heavy (non-hydrogen) atoms. The highest BCUT2D eigenvalue weighted by atomic mass is 16.4. The number of carbonyl (C=O) groups excluding carboxylic acids is 2. The van der Waals surface area contributed by atoms with Crippen LogP contribution in [0.15, 0.2) is 0 Å². The predicted octanol–water partition coefficient (Wildman–Crippen LogP) is -1.29. The van der Waals surface area contributed by atoms with E-state index in [-0.39, 0.29) is 12.5 Å². The summed E-state index contributed by atoms with van der Waals surface area (Å²) in [6, 6.07) is 0. The zero-order valence-corrected chi connectivity index (χ0v) is 7.79. The van der Waals surface area contributed by atoms with Gasteiger partial charge in [0.15, 0.2) is 0 Å². The molecule has 1 rings (SSSR count). The van der Waals surface area contributed by atoms with E-state index in [2.05, 4.69) is 10.6 Å². The number of amides is 2. The van der Waals surface area contributed by atoms with E-state index in [9.17, 15) is 14.4 Å². The molecule has 0 unspecified atom stereocenters. The molecule has 78 valence electrons. The van der Waals surface area contributed by atoms with Gasteiger partial charge in [0.1, 0.15) is 5.41 Å². The van der Waals surface area contributed by atoms with Gasteiger partial charge in [0.05, 0.1) is 6.54 Å². The lowest BCUT2D eigenvalue weighted by molar-refractivity contribution is -0.149. The molecule has 0 aromatic rings. The van der Waals surface area contributed by atoms with E-state index < -0.39 is 17.3 Å². The van der Waals surface area contributed by atoms with Crippen molar-refractivity contribution >= 4 is 17.8 Å². The van der Waals surface area contributed by atoms with Crippen LogP contribution in [0.25, 0.3) is 0 Å². The number of hydrogen-bond donors (Lipinski definition) is 3. The number of carbonyl (C=O) groups is 3. The van der Waals surface area contributed by atoms with Crippen molar-refractivity contribution in [3.05, 3.63) is 0 Å². The van der Waals surface area contributed by atoms with Crippen LogP contribution in [0.2, 0.25) is 0 Å². The van der Waals surface area contributed by atoms with Gasteiger partial charge in [-0.15, -0.1) is 0 Å². The minimum Gasteiger partial charge on any atom is -0.480 e. The smallest absolute Gasteiger partial charge is 0.319 e. The van der Waals surface area contributed by atoms with Crippen LogP contribution in [-0.4, -0.2) is 36.5 Å². The second kappa shape index (κ2) is 3.65. The minimum absolute atomic E-state index is 0.176. The largest absolute Gasteiger partial charge is 0.480 e. The molecule has 0 aromatic carbocycles. The summed E-state index contributed by atoms with van der Waals surface area (Å²) in [7, 11) is 1.44. The molecule has 1 aliphatic carbocycles. The number of carboxylic acids is 1. The Morgan fingerprint density at radius 2 is 1.93 bits per heavy atom. The number of nitrogens with one attached hydrogen (secondary N) is 2. The Kier molecular flexibility index (Phi) is 2.73.